The Morgan fingerprint density at radius 1 is 1.16 bits per heavy atom. The van der Waals surface area contributed by atoms with Crippen molar-refractivity contribution < 1.29 is 9.59 Å². The number of amides is 2. The van der Waals surface area contributed by atoms with E-state index < -0.39 is 5.25 Å². The van der Waals surface area contributed by atoms with E-state index in [-0.39, 0.29) is 18.2 Å². The molecule has 25 heavy (non-hydrogen) atoms. The molecule has 2 N–H and O–H groups in total. The van der Waals surface area contributed by atoms with E-state index in [0.29, 0.717) is 26.6 Å². The molecule has 1 heterocycles. The highest BCUT2D eigenvalue weighted by Gasteiger charge is 2.32. The minimum absolute atomic E-state index is 0.0443. The molecule has 2 aromatic carbocycles. The van der Waals surface area contributed by atoms with Gasteiger partial charge in [0, 0.05) is 22.2 Å². The summed E-state index contributed by atoms with van der Waals surface area (Å²) in [5.74, 6) is -0.499. The first-order valence-electron chi connectivity index (χ1n) is 7.37. The van der Waals surface area contributed by atoms with E-state index in [1.165, 1.54) is 11.8 Å². The fraction of sp³-hybridized carbons (Fsp3) is 0.118. The Labute approximate surface area is 158 Å². The van der Waals surface area contributed by atoms with Gasteiger partial charge in [0.25, 0.3) is 0 Å². The highest BCUT2D eigenvalue weighted by molar-refractivity contribution is 8.15. The lowest BCUT2D eigenvalue weighted by Crippen LogP contribution is -2.28. The minimum atomic E-state index is -0.523. The summed E-state index contributed by atoms with van der Waals surface area (Å²) < 4.78 is 0. The van der Waals surface area contributed by atoms with Crippen molar-refractivity contribution in [3.8, 4) is 0 Å². The van der Waals surface area contributed by atoms with Gasteiger partial charge in [-0.05, 0) is 42.5 Å². The van der Waals surface area contributed by atoms with E-state index in [4.69, 9.17) is 23.2 Å². The summed E-state index contributed by atoms with van der Waals surface area (Å²) in [5, 5.41) is 6.50. The molecule has 128 valence electrons. The summed E-state index contributed by atoms with van der Waals surface area (Å²) in [6.07, 6.45) is 0.0443. The number of anilines is 1. The third-order valence-electron chi connectivity index (χ3n) is 3.31. The number of benzene rings is 2. The minimum Gasteiger partial charge on any atom is -0.326 e. The van der Waals surface area contributed by atoms with E-state index in [9.17, 15) is 9.59 Å². The smallest absolute Gasteiger partial charge is 0.240 e. The Morgan fingerprint density at radius 2 is 1.92 bits per heavy atom. The number of thioether (sulfide) groups is 1. The fourth-order valence-corrected chi connectivity index (χ4v) is 3.48. The molecule has 1 saturated heterocycles. The van der Waals surface area contributed by atoms with Gasteiger partial charge in [-0.15, -0.1) is 0 Å². The van der Waals surface area contributed by atoms with Crippen LogP contribution in [0.25, 0.3) is 0 Å². The Morgan fingerprint density at radius 3 is 2.64 bits per heavy atom. The van der Waals surface area contributed by atoms with Crippen LogP contribution >= 0.6 is 35.0 Å². The van der Waals surface area contributed by atoms with E-state index >= 15 is 0 Å². The lowest BCUT2D eigenvalue weighted by Gasteiger charge is -2.07. The van der Waals surface area contributed by atoms with Crippen molar-refractivity contribution in [2.24, 2.45) is 4.99 Å². The molecule has 0 aliphatic carbocycles. The van der Waals surface area contributed by atoms with Crippen LogP contribution in [0, 0.1) is 0 Å². The van der Waals surface area contributed by atoms with Gasteiger partial charge in [-0.3, -0.25) is 9.59 Å². The van der Waals surface area contributed by atoms with Gasteiger partial charge in [0.15, 0.2) is 5.17 Å². The standard InChI is InChI=1S/C17H13Cl2N3O2S/c18-10-4-6-12(7-5-10)21-17-22-16(24)14(25-17)9-15(23)20-13-3-1-2-11(19)8-13/h1-8,14H,9H2,(H,20,23)(H,21,22,24). The molecule has 8 heteroatoms. The van der Waals surface area contributed by atoms with Gasteiger partial charge in [-0.25, -0.2) is 4.99 Å². The molecule has 2 aromatic rings. The zero-order chi connectivity index (χ0) is 17.8. The Hall–Kier alpha value is -2.02. The van der Waals surface area contributed by atoms with Crippen molar-refractivity contribution in [2.45, 2.75) is 11.7 Å². The molecule has 0 spiro atoms. The van der Waals surface area contributed by atoms with Crippen LogP contribution in [-0.2, 0) is 9.59 Å². The number of nitrogens with one attached hydrogen (secondary N) is 2. The number of nitrogens with zero attached hydrogens (tertiary/aromatic N) is 1. The molecule has 1 fully saturated rings. The van der Waals surface area contributed by atoms with Gasteiger partial charge >= 0.3 is 0 Å². The SMILES string of the molecule is O=C(CC1SC(=Nc2ccc(Cl)cc2)NC1=O)Nc1cccc(Cl)c1. The number of amidine groups is 1. The summed E-state index contributed by atoms with van der Waals surface area (Å²) in [4.78, 5) is 28.5. The largest absolute Gasteiger partial charge is 0.326 e. The van der Waals surface area contributed by atoms with E-state index in [0.717, 1.165) is 0 Å². The summed E-state index contributed by atoms with van der Waals surface area (Å²) in [6, 6.07) is 13.8. The molecule has 1 atom stereocenters. The summed E-state index contributed by atoms with van der Waals surface area (Å²) >= 11 is 12.9. The van der Waals surface area contributed by atoms with Gasteiger partial charge in [-0.2, -0.15) is 0 Å². The van der Waals surface area contributed by atoms with Crippen LogP contribution in [0.2, 0.25) is 10.0 Å². The van der Waals surface area contributed by atoms with Gasteiger partial charge in [-0.1, -0.05) is 41.0 Å². The summed E-state index contributed by atoms with van der Waals surface area (Å²) in [6.45, 7) is 0. The number of aliphatic imine (C=N–C) groups is 1. The molecule has 1 unspecified atom stereocenters. The topological polar surface area (TPSA) is 70.6 Å². The maximum atomic E-state index is 12.1. The summed E-state index contributed by atoms with van der Waals surface area (Å²) in [5.41, 5.74) is 1.27. The number of hydrogen-bond donors (Lipinski definition) is 2. The third kappa shape index (κ3) is 4.98. The Balaban J connectivity index is 1.61. The third-order valence-corrected chi connectivity index (χ3v) is 4.88. The quantitative estimate of drug-likeness (QED) is 0.815. The first kappa shape index (κ1) is 17.8. The molecule has 0 bridgehead atoms. The lowest BCUT2D eigenvalue weighted by molar-refractivity contribution is -0.122. The highest BCUT2D eigenvalue weighted by atomic mass is 35.5. The molecule has 2 amide bonds. The number of hydrogen-bond acceptors (Lipinski definition) is 4. The lowest BCUT2D eigenvalue weighted by atomic mass is 10.2. The van der Waals surface area contributed by atoms with Gasteiger partial charge in [0.1, 0.15) is 5.25 Å². The highest BCUT2D eigenvalue weighted by Crippen LogP contribution is 2.26. The second-order valence-electron chi connectivity index (χ2n) is 5.25. The molecule has 5 nitrogen and oxygen atoms in total. The van der Waals surface area contributed by atoms with Crippen molar-refractivity contribution in [2.75, 3.05) is 5.32 Å². The van der Waals surface area contributed by atoms with E-state index in [1.807, 2.05) is 0 Å². The van der Waals surface area contributed by atoms with Crippen LogP contribution in [0.3, 0.4) is 0 Å². The molecule has 0 saturated carbocycles. The zero-order valence-corrected chi connectivity index (χ0v) is 15.2. The van der Waals surface area contributed by atoms with Gasteiger partial charge in [0.2, 0.25) is 11.8 Å². The Kier molecular flexibility index (Phi) is 5.63. The van der Waals surface area contributed by atoms with Gasteiger partial charge < -0.3 is 10.6 Å². The van der Waals surface area contributed by atoms with Crippen LogP contribution in [0.15, 0.2) is 53.5 Å². The predicted molar refractivity (Wildman–Crippen MR) is 103 cm³/mol. The zero-order valence-electron chi connectivity index (χ0n) is 12.8. The molecule has 0 aromatic heterocycles. The van der Waals surface area contributed by atoms with Crippen molar-refractivity contribution in [3.05, 3.63) is 58.6 Å². The average Bonchev–Trinajstić information content (AvgIpc) is 2.89. The molecule has 0 radical (unpaired) electrons. The van der Waals surface area contributed by atoms with Crippen molar-refractivity contribution in [3.63, 3.8) is 0 Å². The predicted octanol–water partition coefficient (Wildman–Crippen LogP) is 4.24. The number of halogens is 2. The second-order valence-corrected chi connectivity index (χ2v) is 7.32. The maximum Gasteiger partial charge on any atom is 0.240 e. The van der Waals surface area contributed by atoms with Crippen molar-refractivity contribution >= 4 is 63.3 Å². The Bertz CT molecular complexity index is 840. The number of carbonyl (C=O) groups excluding carboxylic acids is 2. The van der Waals surface area contributed by atoms with E-state index in [1.54, 1.807) is 48.5 Å². The average molecular weight is 394 g/mol. The molecule has 3 rings (SSSR count). The maximum absolute atomic E-state index is 12.1. The van der Waals surface area contributed by atoms with Crippen LogP contribution < -0.4 is 10.6 Å². The van der Waals surface area contributed by atoms with Crippen molar-refractivity contribution in [1.29, 1.82) is 0 Å². The normalized spacial score (nSPS) is 18.2. The van der Waals surface area contributed by atoms with Gasteiger partial charge in [0.05, 0.1) is 5.69 Å². The second kappa shape index (κ2) is 7.91. The van der Waals surface area contributed by atoms with Crippen LogP contribution in [0.4, 0.5) is 11.4 Å². The van der Waals surface area contributed by atoms with Crippen LogP contribution in [-0.4, -0.2) is 22.2 Å². The summed E-state index contributed by atoms with van der Waals surface area (Å²) in [7, 11) is 0. The first-order valence-corrected chi connectivity index (χ1v) is 9.00. The molecule has 1 aliphatic heterocycles. The molecular weight excluding hydrogens is 381 g/mol. The first-order chi connectivity index (χ1) is 12.0. The molecule has 1 aliphatic rings. The van der Waals surface area contributed by atoms with Crippen LogP contribution in [0.5, 0.6) is 0 Å². The van der Waals surface area contributed by atoms with Crippen LogP contribution in [0.1, 0.15) is 6.42 Å². The number of carbonyl (C=O) groups is 2. The monoisotopic (exact) mass is 393 g/mol. The molecular formula is C17H13Cl2N3O2S. The van der Waals surface area contributed by atoms with Crippen molar-refractivity contribution in [1.82, 2.24) is 5.32 Å². The van der Waals surface area contributed by atoms with E-state index in [2.05, 4.69) is 15.6 Å². The number of rotatable bonds is 4. The fourth-order valence-electron chi connectivity index (χ4n) is 2.17.